The largest absolute Gasteiger partial charge is 0.434 e. The summed E-state index contributed by atoms with van der Waals surface area (Å²) in [6.07, 6.45) is 2.52. The van der Waals surface area contributed by atoms with Gasteiger partial charge in [-0.25, -0.2) is 0 Å². The van der Waals surface area contributed by atoms with Gasteiger partial charge in [-0.1, -0.05) is 12.1 Å². The fourth-order valence-corrected chi connectivity index (χ4v) is 2.45. The lowest BCUT2D eigenvalue weighted by atomic mass is 10.0. The van der Waals surface area contributed by atoms with Gasteiger partial charge in [0.1, 0.15) is 5.75 Å². The molecule has 2 rings (SSSR count). The molecule has 1 saturated heterocycles. The summed E-state index contributed by atoms with van der Waals surface area (Å²) < 4.78 is 29.1. The third-order valence-electron chi connectivity index (χ3n) is 3.43. The average Bonchev–Trinajstić information content (AvgIpc) is 2.46. The molecule has 0 aromatic heterocycles. The molecule has 0 bridgehead atoms. The van der Waals surface area contributed by atoms with E-state index in [1.54, 1.807) is 6.07 Å². The van der Waals surface area contributed by atoms with Crippen LogP contribution in [0.15, 0.2) is 24.3 Å². The van der Waals surface area contributed by atoms with Gasteiger partial charge in [-0.2, -0.15) is 8.78 Å². The van der Waals surface area contributed by atoms with Crippen molar-refractivity contribution in [1.29, 1.82) is 0 Å². The van der Waals surface area contributed by atoms with Crippen LogP contribution in [0.4, 0.5) is 8.78 Å². The Morgan fingerprint density at radius 2 is 2.15 bits per heavy atom. The summed E-state index contributed by atoms with van der Waals surface area (Å²) in [7, 11) is 0. The number of carbonyl (C=O) groups is 1. The Labute approximate surface area is 116 Å². The van der Waals surface area contributed by atoms with E-state index in [1.165, 1.54) is 23.1 Å². The molecular weight excluding hydrogens is 268 g/mol. The molecule has 1 heterocycles. The molecule has 1 amide bonds. The van der Waals surface area contributed by atoms with Gasteiger partial charge in [0.2, 0.25) is 0 Å². The highest BCUT2D eigenvalue weighted by molar-refractivity contribution is 5.97. The Balaban J connectivity index is 2.23. The van der Waals surface area contributed by atoms with Gasteiger partial charge in [0, 0.05) is 6.54 Å². The Bertz CT molecular complexity index is 467. The van der Waals surface area contributed by atoms with Gasteiger partial charge in [0.05, 0.1) is 18.2 Å². The highest BCUT2D eigenvalue weighted by Crippen LogP contribution is 2.25. The smallest absolute Gasteiger partial charge is 0.387 e. The molecule has 4 nitrogen and oxygen atoms in total. The average molecular weight is 285 g/mol. The number of benzene rings is 1. The van der Waals surface area contributed by atoms with Crippen molar-refractivity contribution < 1.29 is 23.4 Å². The van der Waals surface area contributed by atoms with Gasteiger partial charge in [-0.15, -0.1) is 0 Å². The first-order chi connectivity index (χ1) is 9.63. The molecule has 1 aliphatic heterocycles. The van der Waals surface area contributed by atoms with E-state index in [0.717, 1.165) is 19.3 Å². The number of rotatable bonds is 4. The van der Waals surface area contributed by atoms with Crippen molar-refractivity contribution in [1.82, 2.24) is 4.90 Å². The minimum absolute atomic E-state index is 0.105. The van der Waals surface area contributed by atoms with Crippen LogP contribution in [0.5, 0.6) is 5.75 Å². The summed E-state index contributed by atoms with van der Waals surface area (Å²) in [4.78, 5) is 14.0. The molecule has 1 atom stereocenters. The van der Waals surface area contributed by atoms with Crippen LogP contribution in [0, 0.1) is 0 Å². The topological polar surface area (TPSA) is 49.8 Å². The van der Waals surface area contributed by atoms with Gasteiger partial charge in [0.15, 0.2) is 0 Å². The molecule has 0 radical (unpaired) electrons. The Kier molecular flexibility index (Phi) is 4.89. The second-order valence-electron chi connectivity index (χ2n) is 4.71. The Morgan fingerprint density at radius 1 is 1.40 bits per heavy atom. The molecule has 1 unspecified atom stereocenters. The Morgan fingerprint density at radius 3 is 2.85 bits per heavy atom. The zero-order valence-electron chi connectivity index (χ0n) is 11.0. The monoisotopic (exact) mass is 285 g/mol. The molecule has 0 aliphatic carbocycles. The van der Waals surface area contributed by atoms with E-state index in [-0.39, 0.29) is 29.9 Å². The Hall–Kier alpha value is -1.69. The number of alkyl halides is 2. The summed E-state index contributed by atoms with van der Waals surface area (Å²) in [5.74, 6) is -0.505. The number of piperidine rings is 1. The minimum atomic E-state index is -2.97. The lowest BCUT2D eigenvalue weighted by Gasteiger charge is -2.34. The van der Waals surface area contributed by atoms with Crippen molar-refractivity contribution in [2.24, 2.45) is 0 Å². The molecule has 110 valence electrons. The van der Waals surface area contributed by atoms with Crippen molar-refractivity contribution in [3.8, 4) is 5.75 Å². The molecule has 20 heavy (non-hydrogen) atoms. The van der Waals surface area contributed by atoms with E-state index >= 15 is 0 Å². The molecular formula is C14H17F2NO3. The summed E-state index contributed by atoms with van der Waals surface area (Å²) in [5.41, 5.74) is 0.105. The number of nitrogens with zero attached hydrogens (tertiary/aromatic N) is 1. The number of aliphatic hydroxyl groups is 1. The number of para-hydroxylation sites is 1. The van der Waals surface area contributed by atoms with Crippen molar-refractivity contribution >= 4 is 5.91 Å². The highest BCUT2D eigenvalue weighted by atomic mass is 19.3. The number of hydrogen-bond donors (Lipinski definition) is 1. The van der Waals surface area contributed by atoms with E-state index < -0.39 is 6.61 Å². The number of aliphatic hydroxyl groups excluding tert-OH is 1. The number of halogens is 2. The summed E-state index contributed by atoms with van der Waals surface area (Å²) in [6, 6.07) is 5.69. The number of amides is 1. The quantitative estimate of drug-likeness (QED) is 0.923. The van der Waals surface area contributed by atoms with E-state index in [9.17, 15) is 18.7 Å². The van der Waals surface area contributed by atoms with Gasteiger partial charge in [0.25, 0.3) is 5.91 Å². The van der Waals surface area contributed by atoms with Crippen LogP contribution < -0.4 is 4.74 Å². The zero-order valence-corrected chi connectivity index (χ0v) is 11.0. The van der Waals surface area contributed by atoms with E-state index in [2.05, 4.69) is 4.74 Å². The number of ether oxygens (including phenoxy) is 1. The van der Waals surface area contributed by atoms with Crippen LogP contribution in [0.25, 0.3) is 0 Å². The molecule has 1 aliphatic rings. The number of hydrogen-bond acceptors (Lipinski definition) is 3. The molecule has 6 heteroatoms. The van der Waals surface area contributed by atoms with E-state index in [0.29, 0.717) is 6.54 Å². The van der Waals surface area contributed by atoms with Crippen molar-refractivity contribution in [3.63, 3.8) is 0 Å². The van der Waals surface area contributed by atoms with E-state index in [1.807, 2.05) is 0 Å². The van der Waals surface area contributed by atoms with Gasteiger partial charge >= 0.3 is 6.61 Å². The first kappa shape index (κ1) is 14.7. The van der Waals surface area contributed by atoms with Gasteiger partial charge in [-0.3, -0.25) is 4.79 Å². The number of likely N-dealkylation sites (tertiary alicyclic amines) is 1. The third kappa shape index (κ3) is 3.25. The van der Waals surface area contributed by atoms with Crippen molar-refractivity contribution in [2.45, 2.75) is 31.9 Å². The van der Waals surface area contributed by atoms with Crippen LogP contribution in [0.3, 0.4) is 0 Å². The maximum Gasteiger partial charge on any atom is 0.387 e. The third-order valence-corrected chi connectivity index (χ3v) is 3.43. The second kappa shape index (κ2) is 6.65. The molecule has 0 saturated carbocycles. The van der Waals surface area contributed by atoms with Crippen LogP contribution in [-0.4, -0.2) is 41.7 Å². The summed E-state index contributed by atoms with van der Waals surface area (Å²) in [5, 5.41) is 9.33. The van der Waals surface area contributed by atoms with Crippen molar-refractivity contribution in [2.75, 3.05) is 13.2 Å². The highest BCUT2D eigenvalue weighted by Gasteiger charge is 2.28. The lowest BCUT2D eigenvalue weighted by Crippen LogP contribution is -2.45. The fraction of sp³-hybridized carbons (Fsp3) is 0.500. The van der Waals surface area contributed by atoms with Crippen molar-refractivity contribution in [3.05, 3.63) is 29.8 Å². The number of carbonyl (C=O) groups excluding carboxylic acids is 1. The maximum atomic E-state index is 12.5. The molecule has 1 fully saturated rings. The summed E-state index contributed by atoms with van der Waals surface area (Å²) >= 11 is 0. The molecule has 1 aromatic carbocycles. The summed E-state index contributed by atoms with van der Waals surface area (Å²) in [6.45, 7) is -2.57. The predicted molar refractivity (Wildman–Crippen MR) is 68.8 cm³/mol. The van der Waals surface area contributed by atoms with Gasteiger partial charge in [-0.05, 0) is 31.4 Å². The second-order valence-corrected chi connectivity index (χ2v) is 4.71. The maximum absolute atomic E-state index is 12.5. The normalized spacial score (nSPS) is 19.2. The molecule has 1 N–H and O–H groups in total. The standard InChI is InChI=1S/C14H17F2NO3/c15-14(16)20-12-7-2-1-6-11(12)13(19)17-8-4-3-5-10(17)9-18/h1-2,6-7,10,14,18H,3-5,8-9H2. The minimum Gasteiger partial charge on any atom is -0.434 e. The molecule has 0 spiro atoms. The zero-order chi connectivity index (χ0) is 14.5. The van der Waals surface area contributed by atoms with Gasteiger partial charge < -0.3 is 14.7 Å². The SMILES string of the molecule is O=C(c1ccccc1OC(F)F)N1CCCCC1CO. The lowest BCUT2D eigenvalue weighted by molar-refractivity contribution is -0.0503. The first-order valence-corrected chi connectivity index (χ1v) is 6.59. The van der Waals surface area contributed by atoms with Crippen LogP contribution in [0.1, 0.15) is 29.6 Å². The van der Waals surface area contributed by atoms with Crippen LogP contribution >= 0.6 is 0 Å². The van der Waals surface area contributed by atoms with Crippen LogP contribution in [-0.2, 0) is 0 Å². The fourth-order valence-electron chi connectivity index (χ4n) is 2.45. The van der Waals surface area contributed by atoms with Crippen LogP contribution in [0.2, 0.25) is 0 Å². The first-order valence-electron chi connectivity index (χ1n) is 6.59. The predicted octanol–water partition coefficient (Wildman–Crippen LogP) is 2.28. The van der Waals surface area contributed by atoms with E-state index in [4.69, 9.17) is 0 Å². The molecule has 1 aromatic rings.